The van der Waals surface area contributed by atoms with Gasteiger partial charge in [-0.25, -0.2) is 4.85 Å². The zero-order chi connectivity index (χ0) is 25.7. The van der Waals surface area contributed by atoms with Crippen molar-refractivity contribution in [3.05, 3.63) is 94.0 Å². The van der Waals surface area contributed by atoms with Gasteiger partial charge < -0.3 is 4.42 Å². The Bertz CT molecular complexity index is 1680. The predicted octanol–water partition coefficient (Wildman–Crippen LogP) is 8.73. The molecule has 0 unspecified atom stereocenters. The Labute approximate surface area is 213 Å². The fourth-order valence-corrected chi connectivity index (χ4v) is 5.42. The first-order chi connectivity index (χ1) is 17.2. The van der Waals surface area contributed by atoms with E-state index in [0.717, 1.165) is 50.7 Å². The molecule has 36 heavy (non-hydrogen) atoms. The number of hydrogen-bond donors (Lipinski definition) is 0. The second kappa shape index (κ2) is 8.95. The highest BCUT2D eigenvalue weighted by molar-refractivity contribution is 6.15. The van der Waals surface area contributed by atoms with Crippen molar-refractivity contribution in [3.8, 4) is 22.4 Å². The van der Waals surface area contributed by atoms with Crippen LogP contribution in [0.4, 0.5) is 5.69 Å². The highest BCUT2D eigenvalue weighted by atomic mass is 16.3. The monoisotopic (exact) mass is 473 g/mol. The molecule has 3 aromatic carbocycles. The van der Waals surface area contributed by atoms with E-state index in [2.05, 4.69) is 100 Å². The van der Waals surface area contributed by atoms with Gasteiger partial charge in [-0.2, -0.15) is 4.57 Å². The normalized spacial score (nSPS) is 11.5. The maximum atomic E-state index is 7.82. The van der Waals surface area contributed by atoms with E-state index in [1.165, 1.54) is 27.9 Å². The molecule has 5 rings (SSSR count). The van der Waals surface area contributed by atoms with Gasteiger partial charge in [-0.3, -0.25) is 0 Å². The van der Waals surface area contributed by atoms with Crippen LogP contribution in [0.25, 0.3) is 49.2 Å². The lowest BCUT2D eigenvalue weighted by Crippen LogP contribution is -2.37. The first-order valence-corrected chi connectivity index (χ1v) is 12.6. The molecule has 3 nitrogen and oxygen atoms in total. The molecule has 0 spiro atoms. The van der Waals surface area contributed by atoms with Crippen LogP contribution < -0.4 is 4.57 Å². The molecule has 2 heterocycles. The SMILES string of the molecule is [C-]#[N+]c1ccc2c(oc3c(-c4cc(C)c(CC(C)C)c(C)[n+]4C)c(C)ccc32)c1-c1ccc(C)cc1. The van der Waals surface area contributed by atoms with Gasteiger partial charge in [-0.1, -0.05) is 67.9 Å². The van der Waals surface area contributed by atoms with E-state index in [-0.39, 0.29) is 0 Å². The summed E-state index contributed by atoms with van der Waals surface area (Å²) in [5.41, 5.74) is 12.8. The van der Waals surface area contributed by atoms with Crippen molar-refractivity contribution < 1.29 is 8.98 Å². The first-order valence-electron chi connectivity index (χ1n) is 12.6. The largest absolute Gasteiger partial charge is 0.456 e. The Morgan fingerprint density at radius 3 is 2.11 bits per heavy atom. The maximum absolute atomic E-state index is 7.82. The molecule has 3 heteroatoms. The summed E-state index contributed by atoms with van der Waals surface area (Å²) < 4.78 is 9.06. The predicted molar refractivity (Wildman–Crippen MR) is 150 cm³/mol. The molecular weight excluding hydrogens is 440 g/mol. The number of nitrogens with zero attached hydrogens (tertiary/aromatic N) is 2. The van der Waals surface area contributed by atoms with Crippen LogP contribution in [0.3, 0.4) is 0 Å². The van der Waals surface area contributed by atoms with Crippen LogP contribution >= 0.6 is 0 Å². The van der Waals surface area contributed by atoms with Crippen molar-refractivity contribution in [2.24, 2.45) is 13.0 Å². The molecule has 0 aliphatic carbocycles. The molecule has 0 N–H and O–H groups in total. The first kappa shape index (κ1) is 23.8. The van der Waals surface area contributed by atoms with Gasteiger partial charge >= 0.3 is 0 Å². The number of benzene rings is 3. The van der Waals surface area contributed by atoms with E-state index in [1.54, 1.807) is 0 Å². The van der Waals surface area contributed by atoms with Gasteiger partial charge in [0.1, 0.15) is 18.2 Å². The van der Waals surface area contributed by atoms with Gasteiger partial charge in [-0.05, 0) is 49.8 Å². The van der Waals surface area contributed by atoms with Crippen molar-refractivity contribution in [2.75, 3.05) is 0 Å². The lowest BCUT2D eigenvalue weighted by Gasteiger charge is -2.14. The molecular formula is C33H33N2O+. The van der Waals surface area contributed by atoms with Crippen molar-refractivity contribution >= 4 is 27.6 Å². The molecule has 0 radical (unpaired) electrons. The van der Waals surface area contributed by atoms with Crippen LogP contribution in [-0.2, 0) is 13.5 Å². The highest BCUT2D eigenvalue weighted by Gasteiger charge is 2.26. The van der Waals surface area contributed by atoms with Crippen LogP contribution in [0.5, 0.6) is 0 Å². The number of rotatable bonds is 4. The zero-order valence-electron chi connectivity index (χ0n) is 22.3. The molecule has 2 aromatic heterocycles. The topological polar surface area (TPSA) is 21.4 Å². The number of furan rings is 1. The van der Waals surface area contributed by atoms with Gasteiger partial charge in [0, 0.05) is 34.9 Å². The minimum atomic E-state index is 0.602. The second-order valence-electron chi connectivity index (χ2n) is 10.5. The van der Waals surface area contributed by atoms with Gasteiger partial charge in [0.2, 0.25) is 5.69 Å². The fraction of sp³-hybridized carbons (Fsp3) is 0.273. The summed E-state index contributed by atoms with van der Waals surface area (Å²) in [7, 11) is 2.16. The molecule has 0 saturated heterocycles. The average molecular weight is 474 g/mol. The summed E-state index contributed by atoms with van der Waals surface area (Å²) in [5, 5.41) is 2.12. The van der Waals surface area contributed by atoms with E-state index < -0.39 is 0 Å². The molecule has 0 aliphatic heterocycles. The summed E-state index contributed by atoms with van der Waals surface area (Å²) >= 11 is 0. The lowest BCUT2D eigenvalue weighted by atomic mass is 9.93. The van der Waals surface area contributed by atoms with Crippen molar-refractivity contribution in [2.45, 2.75) is 48.0 Å². The van der Waals surface area contributed by atoms with Crippen LogP contribution in [0, 0.1) is 40.2 Å². The highest BCUT2D eigenvalue weighted by Crippen LogP contribution is 2.44. The van der Waals surface area contributed by atoms with Crippen LogP contribution in [-0.4, -0.2) is 0 Å². The molecule has 0 amide bonds. The Kier molecular flexibility index (Phi) is 5.92. The maximum Gasteiger partial charge on any atom is 0.216 e. The lowest BCUT2D eigenvalue weighted by molar-refractivity contribution is -0.667. The third-order valence-corrected chi connectivity index (χ3v) is 7.46. The van der Waals surface area contributed by atoms with Gasteiger partial charge in [0.15, 0.2) is 11.4 Å². The average Bonchev–Trinajstić information content (AvgIpc) is 3.22. The van der Waals surface area contributed by atoms with E-state index in [1.807, 2.05) is 12.1 Å². The van der Waals surface area contributed by atoms with Crippen molar-refractivity contribution in [1.29, 1.82) is 0 Å². The fourth-order valence-electron chi connectivity index (χ4n) is 5.42. The number of pyridine rings is 1. The van der Waals surface area contributed by atoms with Gasteiger partial charge in [0.05, 0.1) is 12.1 Å². The molecule has 5 aromatic rings. The van der Waals surface area contributed by atoms with Gasteiger partial charge in [-0.15, -0.1) is 0 Å². The summed E-state index contributed by atoms with van der Waals surface area (Å²) in [6.07, 6.45) is 1.07. The number of aryl methyl sites for hydroxylation is 3. The molecule has 0 saturated carbocycles. The summed E-state index contributed by atoms with van der Waals surface area (Å²) in [6, 6.07) is 19.0. The molecule has 0 bridgehead atoms. The Balaban J connectivity index is 1.84. The second-order valence-corrected chi connectivity index (χ2v) is 10.5. The number of hydrogen-bond acceptors (Lipinski definition) is 1. The Hall–Kier alpha value is -3.90. The summed E-state index contributed by atoms with van der Waals surface area (Å²) in [6.45, 7) is 21.0. The van der Waals surface area contributed by atoms with E-state index in [0.29, 0.717) is 11.6 Å². The van der Waals surface area contributed by atoms with Crippen LogP contribution in [0.1, 0.15) is 41.8 Å². The third-order valence-electron chi connectivity index (χ3n) is 7.46. The molecule has 0 atom stereocenters. The Morgan fingerprint density at radius 2 is 1.47 bits per heavy atom. The Morgan fingerprint density at radius 1 is 0.833 bits per heavy atom. The van der Waals surface area contributed by atoms with Gasteiger partial charge in [0.25, 0.3) is 0 Å². The zero-order valence-corrected chi connectivity index (χ0v) is 22.3. The van der Waals surface area contributed by atoms with Crippen LogP contribution in [0.2, 0.25) is 0 Å². The molecule has 0 fully saturated rings. The number of aromatic nitrogens is 1. The smallest absolute Gasteiger partial charge is 0.216 e. The standard InChI is InChI=1S/C33H33N2O/c1-19(2)17-27-22(5)18-29(35(8)23(27)6)30-21(4)11-14-25-26-15-16-28(34-7)31(33(26)36-32(25)30)24-12-9-20(3)10-13-24/h9-16,18-19H,17H2,1-6,8H3/q+1. The van der Waals surface area contributed by atoms with E-state index in [9.17, 15) is 0 Å². The molecule has 0 aliphatic rings. The van der Waals surface area contributed by atoms with Crippen molar-refractivity contribution in [1.82, 2.24) is 0 Å². The summed E-state index contributed by atoms with van der Waals surface area (Å²) in [5.74, 6) is 0.602. The van der Waals surface area contributed by atoms with Crippen molar-refractivity contribution in [3.63, 3.8) is 0 Å². The summed E-state index contributed by atoms with van der Waals surface area (Å²) in [4.78, 5) is 3.84. The molecule has 180 valence electrons. The van der Waals surface area contributed by atoms with E-state index >= 15 is 0 Å². The van der Waals surface area contributed by atoms with E-state index in [4.69, 9.17) is 11.0 Å². The number of fused-ring (bicyclic) bond motifs is 3. The third kappa shape index (κ3) is 3.78. The minimum Gasteiger partial charge on any atom is -0.456 e. The van der Waals surface area contributed by atoms with Crippen LogP contribution in [0.15, 0.2) is 59.0 Å². The quantitative estimate of drug-likeness (QED) is 0.189. The minimum absolute atomic E-state index is 0.602.